The molecule has 0 radical (unpaired) electrons. The SMILES string of the molecule is CC(C)OCC12COC(C1)C2. The first kappa shape index (κ1) is 7.56. The minimum atomic E-state index is 0.365. The van der Waals surface area contributed by atoms with E-state index in [1.807, 2.05) is 0 Å². The average Bonchev–Trinajstić information content (AvgIpc) is 2.38. The van der Waals surface area contributed by atoms with Gasteiger partial charge in [0.25, 0.3) is 0 Å². The summed E-state index contributed by atoms with van der Waals surface area (Å²) in [6.45, 7) is 6.01. The molecule has 64 valence electrons. The molecule has 3 aliphatic rings. The zero-order valence-corrected chi connectivity index (χ0v) is 7.30. The van der Waals surface area contributed by atoms with E-state index < -0.39 is 0 Å². The Morgan fingerprint density at radius 3 is 2.73 bits per heavy atom. The second-order valence-corrected chi connectivity index (χ2v) is 4.20. The highest BCUT2D eigenvalue weighted by atomic mass is 16.5. The summed E-state index contributed by atoms with van der Waals surface area (Å²) in [7, 11) is 0. The average molecular weight is 156 g/mol. The van der Waals surface area contributed by atoms with Crippen LogP contribution in [0.5, 0.6) is 0 Å². The molecule has 1 aliphatic carbocycles. The topological polar surface area (TPSA) is 18.5 Å². The van der Waals surface area contributed by atoms with Crippen molar-refractivity contribution in [3.05, 3.63) is 0 Å². The van der Waals surface area contributed by atoms with Crippen LogP contribution in [0.1, 0.15) is 26.7 Å². The lowest BCUT2D eigenvalue weighted by Gasteiger charge is -2.35. The summed E-state index contributed by atoms with van der Waals surface area (Å²) in [4.78, 5) is 0. The van der Waals surface area contributed by atoms with Gasteiger partial charge >= 0.3 is 0 Å². The third-order valence-corrected chi connectivity index (χ3v) is 2.67. The fraction of sp³-hybridized carbons (Fsp3) is 1.00. The Labute approximate surface area is 67.9 Å². The zero-order valence-electron chi connectivity index (χ0n) is 7.30. The quantitative estimate of drug-likeness (QED) is 0.617. The Morgan fingerprint density at radius 1 is 1.55 bits per heavy atom. The lowest BCUT2D eigenvalue weighted by atomic mass is 9.71. The van der Waals surface area contributed by atoms with Crippen molar-refractivity contribution in [3.63, 3.8) is 0 Å². The van der Waals surface area contributed by atoms with Crippen LogP contribution in [0.15, 0.2) is 0 Å². The van der Waals surface area contributed by atoms with Crippen molar-refractivity contribution >= 4 is 0 Å². The molecule has 11 heavy (non-hydrogen) atoms. The highest BCUT2D eigenvalue weighted by molar-refractivity contribution is 5.00. The Balaban J connectivity index is 1.78. The van der Waals surface area contributed by atoms with E-state index in [2.05, 4.69) is 13.8 Å². The van der Waals surface area contributed by atoms with Crippen molar-refractivity contribution in [2.45, 2.75) is 38.9 Å². The van der Waals surface area contributed by atoms with Crippen molar-refractivity contribution in [2.24, 2.45) is 5.41 Å². The Kier molecular flexibility index (Phi) is 1.69. The lowest BCUT2D eigenvalue weighted by Crippen LogP contribution is -2.37. The number of hydrogen-bond donors (Lipinski definition) is 0. The molecule has 2 saturated heterocycles. The lowest BCUT2D eigenvalue weighted by molar-refractivity contribution is -0.0106. The Bertz CT molecular complexity index is 142. The molecule has 2 aliphatic heterocycles. The second kappa shape index (κ2) is 2.46. The van der Waals surface area contributed by atoms with E-state index in [-0.39, 0.29) is 0 Å². The molecule has 0 N–H and O–H groups in total. The van der Waals surface area contributed by atoms with Crippen LogP contribution >= 0.6 is 0 Å². The second-order valence-electron chi connectivity index (χ2n) is 4.20. The van der Waals surface area contributed by atoms with E-state index in [4.69, 9.17) is 9.47 Å². The van der Waals surface area contributed by atoms with Crippen LogP contribution in [0.3, 0.4) is 0 Å². The standard InChI is InChI=1S/C9H16O2/c1-7(2)10-5-9-3-8(4-9)11-6-9/h7-8H,3-6H2,1-2H3. The molecule has 2 nitrogen and oxygen atoms in total. The van der Waals surface area contributed by atoms with Gasteiger partial charge in [-0.1, -0.05) is 0 Å². The summed E-state index contributed by atoms with van der Waals surface area (Å²) in [5, 5.41) is 0. The van der Waals surface area contributed by atoms with Gasteiger partial charge in [-0.25, -0.2) is 0 Å². The van der Waals surface area contributed by atoms with E-state index in [0.717, 1.165) is 13.2 Å². The molecule has 0 aromatic carbocycles. The molecule has 0 aromatic heterocycles. The van der Waals surface area contributed by atoms with Crippen LogP contribution in [0.4, 0.5) is 0 Å². The van der Waals surface area contributed by atoms with Crippen molar-refractivity contribution in [2.75, 3.05) is 13.2 Å². The minimum absolute atomic E-state index is 0.365. The van der Waals surface area contributed by atoms with Crippen molar-refractivity contribution in [1.29, 1.82) is 0 Å². The maximum absolute atomic E-state index is 5.59. The maximum atomic E-state index is 5.59. The van der Waals surface area contributed by atoms with Gasteiger partial charge in [-0.3, -0.25) is 0 Å². The fourth-order valence-electron chi connectivity index (χ4n) is 1.94. The molecule has 0 amide bonds. The fourth-order valence-corrected chi connectivity index (χ4v) is 1.94. The van der Waals surface area contributed by atoms with Gasteiger partial charge in [0.2, 0.25) is 0 Å². The van der Waals surface area contributed by atoms with Crippen LogP contribution in [-0.2, 0) is 9.47 Å². The summed E-state index contributed by atoms with van der Waals surface area (Å²) in [6, 6.07) is 0. The molecule has 0 unspecified atom stereocenters. The van der Waals surface area contributed by atoms with E-state index in [0.29, 0.717) is 17.6 Å². The predicted molar refractivity (Wildman–Crippen MR) is 42.5 cm³/mol. The summed E-state index contributed by atoms with van der Waals surface area (Å²) < 4.78 is 11.1. The summed E-state index contributed by atoms with van der Waals surface area (Å²) >= 11 is 0. The number of rotatable bonds is 3. The van der Waals surface area contributed by atoms with Crippen LogP contribution in [0.2, 0.25) is 0 Å². The summed E-state index contributed by atoms with van der Waals surface area (Å²) in [5.74, 6) is 0. The summed E-state index contributed by atoms with van der Waals surface area (Å²) in [5.41, 5.74) is 0.426. The molecule has 2 heterocycles. The van der Waals surface area contributed by atoms with Crippen molar-refractivity contribution in [1.82, 2.24) is 0 Å². The van der Waals surface area contributed by atoms with E-state index >= 15 is 0 Å². The highest BCUT2D eigenvalue weighted by Crippen LogP contribution is 2.50. The first-order valence-electron chi connectivity index (χ1n) is 4.43. The van der Waals surface area contributed by atoms with Crippen LogP contribution in [-0.4, -0.2) is 25.4 Å². The molecule has 2 heteroatoms. The van der Waals surface area contributed by atoms with E-state index in [9.17, 15) is 0 Å². The van der Waals surface area contributed by atoms with Gasteiger partial charge in [0.05, 0.1) is 25.4 Å². The van der Waals surface area contributed by atoms with Gasteiger partial charge in [-0.15, -0.1) is 0 Å². The van der Waals surface area contributed by atoms with Gasteiger partial charge in [-0.2, -0.15) is 0 Å². The summed E-state index contributed by atoms with van der Waals surface area (Å²) in [6.07, 6.45) is 3.41. The number of fused-ring (bicyclic) bond motifs is 1. The first-order chi connectivity index (χ1) is 5.20. The number of hydrogen-bond acceptors (Lipinski definition) is 2. The maximum Gasteiger partial charge on any atom is 0.0589 e. The van der Waals surface area contributed by atoms with E-state index in [1.165, 1.54) is 12.8 Å². The van der Waals surface area contributed by atoms with Crippen LogP contribution < -0.4 is 0 Å². The molecule has 2 bridgehead atoms. The van der Waals surface area contributed by atoms with Crippen LogP contribution in [0, 0.1) is 5.41 Å². The predicted octanol–water partition coefficient (Wildman–Crippen LogP) is 1.59. The van der Waals surface area contributed by atoms with Gasteiger partial charge in [-0.05, 0) is 26.7 Å². The molecule has 3 rings (SSSR count). The monoisotopic (exact) mass is 156 g/mol. The molecule has 0 aromatic rings. The van der Waals surface area contributed by atoms with E-state index in [1.54, 1.807) is 0 Å². The van der Waals surface area contributed by atoms with Crippen molar-refractivity contribution < 1.29 is 9.47 Å². The molecule has 1 saturated carbocycles. The molecule has 0 spiro atoms. The van der Waals surface area contributed by atoms with Gasteiger partial charge in [0.1, 0.15) is 0 Å². The zero-order chi connectivity index (χ0) is 7.90. The Morgan fingerprint density at radius 2 is 2.27 bits per heavy atom. The molecule has 3 fully saturated rings. The van der Waals surface area contributed by atoms with Gasteiger partial charge in [0, 0.05) is 5.41 Å². The van der Waals surface area contributed by atoms with Gasteiger partial charge < -0.3 is 9.47 Å². The van der Waals surface area contributed by atoms with Crippen LogP contribution in [0.25, 0.3) is 0 Å². The smallest absolute Gasteiger partial charge is 0.0589 e. The first-order valence-corrected chi connectivity index (χ1v) is 4.43. The molecular weight excluding hydrogens is 140 g/mol. The number of ether oxygens (including phenoxy) is 2. The van der Waals surface area contributed by atoms with Gasteiger partial charge in [0.15, 0.2) is 0 Å². The Hall–Kier alpha value is -0.0800. The third-order valence-electron chi connectivity index (χ3n) is 2.67. The largest absolute Gasteiger partial charge is 0.378 e. The van der Waals surface area contributed by atoms with Crippen molar-refractivity contribution in [3.8, 4) is 0 Å². The molecule has 0 atom stereocenters. The minimum Gasteiger partial charge on any atom is -0.378 e. The third kappa shape index (κ3) is 1.30. The molecular formula is C9H16O2. The highest BCUT2D eigenvalue weighted by Gasteiger charge is 2.51. The normalized spacial score (nSPS) is 41.2.